The Hall–Kier alpha value is -1.26. The minimum absolute atomic E-state index is 0.148. The number of aryl methyl sites for hydroxylation is 1. The van der Waals surface area contributed by atoms with E-state index < -0.39 is 0 Å². The van der Waals surface area contributed by atoms with Gasteiger partial charge in [0.15, 0.2) is 5.13 Å². The molecule has 1 heterocycles. The Morgan fingerprint density at radius 2 is 2.27 bits per heavy atom. The van der Waals surface area contributed by atoms with Crippen molar-refractivity contribution in [2.45, 2.75) is 17.6 Å². The zero-order valence-electron chi connectivity index (χ0n) is 11.5. The van der Waals surface area contributed by atoms with Crippen molar-refractivity contribution >= 4 is 57.3 Å². The first kappa shape index (κ1) is 17.1. The molecule has 0 saturated carbocycles. The molecule has 0 atom stereocenters. The van der Waals surface area contributed by atoms with Crippen molar-refractivity contribution in [3.8, 4) is 6.07 Å². The molecular formula is C14H11Cl2N3OS2. The number of hydrogen-bond acceptors (Lipinski definition) is 5. The number of amides is 1. The molecule has 2 aromatic rings. The van der Waals surface area contributed by atoms with Crippen LogP contribution in [0.2, 0.25) is 10.0 Å². The van der Waals surface area contributed by atoms with Gasteiger partial charge < -0.3 is 5.32 Å². The predicted molar refractivity (Wildman–Crippen MR) is 92.0 cm³/mol. The number of aromatic nitrogens is 1. The van der Waals surface area contributed by atoms with Gasteiger partial charge in [-0.1, -0.05) is 52.4 Å². The van der Waals surface area contributed by atoms with Crippen molar-refractivity contribution < 1.29 is 4.79 Å². The first-order valence-corrected chi connectivity index (χ1v) is 8.76. The van der Waals surface area contributed by atoms with Crippen LogP contribution in [-0.2, 0) is 11.2 Å². The number of carbonyl (C=O) groups is 1. The van der Waals surface area contributed by atoms with Crippen LogP contribution in [-0.4, -0.2) is 16.6 Å². The van der Waals surface area contributed by atoms with Gasteiger partial charge in [-0.2, -0.15) is 5.26 Å². The second-order valence-electron chi connectivity index (χ2n) is 4.30. The molecule has 0 bridgehead atoms. The van der Waals surface area contributed by atoms with Crippen molar-refractivity contribution in [1.82, 2.24) is 4.98 Å². The summed E-state index contributed by atoms with van der Waals surface area (Å²) >= 11 is 14.6. The van der Waals surface area contributed by atoms with E-state index in [1.54, 1.807) is 18.2 Å². The van der Waals surface area contributed by atoms with Gasteiger partial charge in [-0.15, -0.1) is 0 Å². The van der Waals surface area contributed by atoms with E-state index in [-0.39, 0.29) is 12.3 Å². The molecule has 0 spiro atoms. The molecule has 2 rings (SSSR count). The zero-order valence-corrected chi connectivity index (χ0v) is 14.7. The van der Waals surface area contributed by atoms with Crippen LogP contribution in [0.25, 0.3) is 0 Å². The maximum atomic E-state index is 12.1. The Morgan fingerprint density at radius 3 is 2.95 bits per heavy atom. The maximum Gasteiger partial charge on any atom is 0.230 e. The second-order valence-corrected chi connectivity index (χ2v) is 7.39. The Labute approximate surface area is 146 Å². The largest absolute Gasteiger partial charge is 0.302 e. The molecule has 8 heteroatoms. The molecule has 0 aliphatic heterocycles. The highest BCUT2D eigenvalue weighted by molar-refractivity contribution is 8.01. The Bertz CT molecular complexity index is 740. The third-order valence-corrected chi connectivity index (χ3v) is 5.52. The first-order chi connectivity index (χ1) is 10.5. The molecule has 1 N–H and O–H groups in total. The van der Waals surface area contributed by atoms with Gasteiger partial charge in [0.1, 0.15) is 0 Å². The highest BCUT2D eigenvalue weighted by Crippen LogP contribution is 2.32. The number of thioether (sulfide) groups is 1. The summed E-state index contributed by atoms with van der Waals surface area (Å²) < 4.78 is 0.932. The molecule has 0 aliphatic rings. The van der Waals surface area contributed by atoms with Crippen molar-refractivity contribution in [3.05, 3.63) is 39.5 Å². The fraction of sp³-hybridized carbons (Fsp3) is 0.214. The molecule has 4 nitrogen and oxygen atoms in total. The molecule has 1 aromatic heterocycles. The topological polar surface area (TPSA) is 65.8 Å². The lowest BCUT2D eigenvalue weighted by Gasteiger charge is -2.04. The van der Waals surface area contributed by atoms with Crippen LogP contribution < -0.4 is 5.32 Å². The van der Waals surface area contributed by atoms with E-state index in [9.17, 15) is 4.79 Å². The number of rotatable bonds is 5. The fourth-order valence-electron chi connectivity index (χ4n) is 1.67. The minimum Gasteiger partial charge on any atom is -0.302 e. The smallest absolute Gasteiger partial charge is 0.230 e. The molecule has 0 fully saturated rings. The number of hydrogen-bond donors (Lipinski definition) is 1. The summed E-state index contributed by atoms with van der Waals surface area (Å²) in [6.45, 7) is 1.85. The van der Waals surface area contributed by atoms with E-state index in [0.29, 0.717) is 26.5 Å². The van der Waals surface area contributed by atoms with Crippen LogP contribution in [0.3, 0.4) is 0 Å². The highest BCUT2D eigenvalue weighted by atomic mass is 35.5. The van der Waals surface area contributed by atoms with Crippen molar-refractivity contribution in [1.29, 1.82) is 5.26 Å². The standard InChI is InChI=1S/C14H11Cl2N3OS2/c1-8-13(21-5-4-17)22-14(18-8)19-12(20)6-9-2-3-10(15)7-11(9)16/h2-3,7H,5-6H2,1H3,(H,18,19,20). The first-order valence-electron chi connectivity index (χ1n) is 6.20. The number of halogens is 2. The summed E-state index contributed by atoms with van der Waals surface area (Å²) in [5.41, 5.74) is 1.51. The summed E-state index contributed by atoms with van der Waals surface area (Å²) in [6.07, 6.45) is 0.148. The van der Waals surface area contributed by atoms with Gasteiger partial charge in [0, 0.05) is 10.0 Å². The number of benzene rings is 1. The zero-order chi connectivity index (χ0) is 16.1. The molecule has 114 valence electrons. The number of anilines is 1. The SMILES string of the molecule is Cc1nc(NC(=O)Cc2ccc(Cl)cc2Cl)sc1SCC#N. The Morgan fingerprint density at radius 1 is 1.50 bits per heavy atom. The summed E-state index contributed by atoms with van der Waals surface area (Å²) in [5.74, 6) is 0.159. The van der Waals surface area contributed by atoms with Gasteiger partial charge in [0.2, 0.25) is 5.91 Å². The van der Waals surface area contributed by atoms with E-state index >= 15 is 0 Å². The lowest BCUT2D eigenvalue weighted by molar-refractivity contribution is -0.115. The number of nitriles is 1. The number of thiazole rings is 1. The van der Waals surface area contributed by atoms with Crippen LogP contribution in [0.4, 0.5) is 5.13 Å². The molecule has 0 radical (unpaired) electrons. The van der Waals surface area contributed by atoms with Gasteiger partial charge in [0.25, 0.3) is 0 Å². The normalized spacial score (nSPS) is 10.3. The quantitative estimate of drug-likeness (QED) is 0.782. The summed E-state index contributed by atoms with van der Waals surface area (Å²) in [4.78, 5) is 16.3. The molecule has 22 heavy (non-hydrogen) atoms. The van der Waals surface area contributed by atoms with Gasteiger partial charge in [-0.3, -0.25) is 4.79 Å². The van der Waals surface area contributed by atoms with Crippen molar-refractivity contribution in [2.75, 3.05) is 11.1 Å². The summed E-state index contributed by atoms with van der Waals surface area (Å²) in [6, 6.07) is 7.10. The predicted octanol–water partition coefficient (Wildman–Crippen LogP) is 4.56. The molecule has 0 aliphatic carbocycles. The van der Waals surface area contributed by atoms with E-state index in [2.05, 4.69) is 16.4 Å². The summed E-state index contributed by atoms with van der Waals surface area (Å²) in [7, 11) is 0. The van der Waals surface area contributed by atoms with Crippen LogP contribution in [0.5, 0.6) is 0 Å². The molecule has 0 saturated heterocycles. The van der Waals surface area contributed by atoms with Crippen LogP contribution in [0.1, 0.15) is 11.3 Å². The van der Waals surface area contributed by atoms with Gasteiger partial charge in [0.05, 0.1) is 28.1 Å². The molecule has 1 amide bonds. The molecule has 0 unspecified atom stereocenters. The van der Waals surface area contributed by atoms with Crippen LogP contribution in [0.15, 0.2) is 22.4 Å². The minimum atomic E-state index is -0.199. The monoisotopic (exact) mass is 371 g/mol. The Balaban J connectivity index is 2.01. The highest BCUT2D eigenvalue weighted by Gasteiger charge is 2.12. The lowest BCUT2D eigenvalue weighted by atomic mass is 10.1. The maximum absolute atomic E-state index is 12.1. The number of carbonyl (C=O) groups excluding carboxylic acids is 1. The average Bonchev–Trinajstić information content (AvgIpc) is 2.79. The van der Waals surface area contributed by atoms with Gasteiger partial charge >= 0.3 is 0 Å². The Kier molecular flexibility index (Phi) is 6.09. The third-order valence-electron chi connectivity index (χ3n) is 2.63. The lowest BCUT2D eigenvalue weighted by Crippen LogP contribution is -2.14. The average molecular weight is 372 g/mol. The molecular weight excluding hydrogens is 361 g/mol. The van der Waals surface area contributed by atoms with E-state index in [1.807, 2.05) is 6.92 Å². The van der Waals surface area contributed by atoms with Crippen LogP contribution >= 0.6 is 46.3 Å². The van der Waals surface area contributed by atoms with E-state index in [4.69, 9.17) is 28.5 Å². The molecule has 1 aromatic carbocycles. The van der Waals surface area contributed by atoms with Gasteiger partial charge in [-0.05, 0) is 24.6 Å². The van der Waals surface area contributed by atoms with Crippen LogP contribution in [0, 0.1) is 18.3 Å². The number of nitrogens with zero attached hydrogens (tertiary/aromatic N) is 2. The van der Waals surface area contributed by atoms with E-state index in [1.165, 1.54) is 23.1 Å². The van der Waals surface area contributed by atoms with E-state index in [0.717, 1.165) is 9.90 Å². The van der Waals surface area contributed by atoms with Crippen molar-refractivity contribution in [3.63, 3.8) is 0 Å². The van der Waals surface area contributed by atoms with Crippen molar-refractivity contribution in [2.24, 2.45) is 0 Å². The number of nitrogens with one attached hydrogen (secondary N) is 1. The van der Waals surface area contributed by atoms with Gasteiger partial charge in [-0.25, -0.2) is 4.98 Å². The summed E-state index contributed by atoms with van der Waals surface area (Å²) in [5, 5.41) is 12.9. The second kappa shape index (κ2) is 7.84. The fourth-order valence-corrected chi connectivity index (χ4v) is 3.96. The third kappa shape index (κ3) is 4.62.